The van der Waals surface area contributed by atoms with Gasteiger partial charge in [-0.05, 0) is 54.2 Å². The summed E-state index contributed by atoms with van der Waals surface area (Å²) in [6, 6.07) is 10.9. The third-order valence-corrected chi connectivity index (χ3v) is 3.14. The molecule has 0 N–H and O–H groups in total. The lowest BCUT2D eigenvalue weighted by atomic mass is 9.91. The molecule has 0 aliphatic heterocycles. The normalized spacial score (nSPS) is 11.3. The van der Waals surface area contributed by atoms with Crippen LogP contribution in [0, 0.1) is 20.8 Å². The Labute approximate surface area is 91.9 Å². The fourth-order valence-electron chi connectivity index (χ4n) is 2.10. The first-order valence-corrected chi connectivity index (χ1v) is 5.43. The average molecular weight is 197 g/mol. The van der Waals surface area contributed by atoms with Crippen molar-refractivity contribution in [2.45, 2.75) is 26.7 Å². The molecule has 0 bridgehead atoms. The first-order chi connectivity index (χ1) is 7.11. The lowest BCUT2D eigenvalue weighted by Crippen LogP contribution is -1.94. The maximum absolute atomic E-state index is 4.13. The monoisotopic (exact) mass is 197 g/mol. The summed E-state index contributed by atoms with van der Waals surface area (Å²) in [7, 11) is 0. The molecule has 0 saturated heterocycles. The standard InChI is InChI=1S/C15H17/c1-10(2)15-9-11(3)12(4)13-7-5-6-8-14(13)15/h5-10H,1H2,2-4H3. The van der Waals surface area contributed by atoms with E-state index in [1.165, 1.54) is 27.5 Å². The summed E-state index contributed by atoms with van der Waals surface area (Å²) >= 11 is 0. The van der Waals surface area contributed by atoms with Crippen LogP contribution in [0.25, 0.3) is 10.8 Å². The third kappa shape index (κ3) is 1.65. The second-order valence-corrected chi connectivity index (χ2v) is 4.35. The SMILES string of the molecule is [CH2]C(C)c1cc(C)c(C)c2ccccc12. The van der Waals surface area contributed by atoms with E-state index in [1.807, 2.05) is 0 Å². The van der Waals surface area contributed by atoms with Gasteiger partial charge in [0, 0.05) is 0 Å². The molecule has 1 atom stereocenters. The van der Waals surface area contributed by atoms with Gasteiger partial charge in [0.15, 0.2) is 0 Å². The van der Waals surface area contributed by atoms with E-state index in [9.17, 15) is 0 Å². The Bertz CT molecular complexity index is 493. The van der Waals surface area contributed by atoms with Crippen LogP contribution in [0.2, 0.25) is 0 Å². The van der Waals surface area contributed by atoms with E-state index in [0.29, 0.717) is 5.92 Å². The second kappa shape index (κ2) is 3.69. The molecular weight excluding hydrogens is 180 g/mol. The molecule has 0 amide bonds. The van der Waals surface area contributed by atoms with Gasteiger partial charge in [-0.1, -0.05) is 37.3 Å². The van der Waals surface area contributed by atoms with Crippen LogP contribution >= 0.6 is 0 Å². The van der Waals surface area contributed by atoms with Gasteiger partial charge in [-0.3, -0.25) is 0 Å². The Morgan fingerprint density at radius 1 is 1.07 bits per heavy atom. The van der Waals surface area contributed by atoms with E-state index in [4.69, 9.17) is 0 Å². The summed E-state index contributed by atoms with van der Waals surface area (Å²) in [4.78, 5) is 0. The number of benzene rings is 2. The highest BCUT2D eigenvalue weighted by Crippen LogP contribution is 2.29. The van der Waals surface area contributed by atoms with Crippen LogP contribution in [0.5, 0.6) is 0 Å². The van der Waals surface area contributed by atoms with Crippen molar-refractivity contribution in [3.05, 3.63) is 53.9 Å². The van der Waals surface area contributed by atoms with Gasteiger partial charge >= 0.3 is 0 Å². The predicted molar refractivity (Wildman–Crippen MR) is 67.2 cm³/mol. The van der Waals surface area contributed by atoms with E-state index in [0.717, 1.165) is 0 Å². The Balaban J connectivity index is 2.88. The van der Waals surface area contributed by atoms with Crippen molar-refractivity contribution in [2.24, 2.45) is 0 Å². The fraction of sp³-hybridized carbons (Fsp3) is 0.267. The van der Waals surface area contributed by atoms with E-state index < -0.39 is 0 Å². The van der Waals surface area contributed by atoms with E-state index >= 15 is 0 Å². The quantitative estimate of drug-likeness (QED) is 0.636. The van der Waals surface area contributed by atoms with Crippen molar-refractivity contribution in [1.29, 1.82) is 0 Å². The molecule has 77 valence electrons. The van der Waals surface area contributed by atoms with Gasteiger partial charge < -0.3 is 0 Å². The van der Waals surface area contributed by atoms with Crippen LogP contribution in [-0.4, -0.2) is 0 Å². The smallest absolute Gasteiger partial charge is 0.0146 e. The minimum Gasteiger partial charge on any atom is -0.0616 e. The van der Waals surface area contributed by atoms with Gasteiger partial charge in [0.05, 0.1) is 0 Å². The minimum atomic E-state index is 0.342. The molecule has 1 radical (unpaired) electrons. The molecule has 0 aromatic heterocycles. The summed E-state index contributed by atoms with van der Waals surface area (Å²) in [6.07, 6.45) is 0. The molecule has 1 unspecified atom stereocenters. The largest absolute Gasteiger partial charge is 0.0616 e. The average Bonchev–Trinajstić information content (AvgIpc) is 2.23. The van der Waals surface area contributed by atoms with Crippen LogP contribution in [0.3, 0.4) is 0 Å². The molecule has 0 nitrogen and oxygen atoms in total. The van der Waals surface area contributed by atoms with E-state index in [-0.39, 0.29) is 0 Å². The summed E-state index contributed by atoms with van der Waals surface area (Å²) in [5.41, 5.74) is 4.10. The van der Waals surface area contributed by atoms with Gasteiger partial charge in [0.2, 0.25) is 0 Å². The van der Waals surface area contributed by atoms with Gasteiger partial charge in [-0.2, -0.15) is 0 Å². The molecule has 2 aromatic carbocycles. The van der Waals surface area contributed by atoms with Crippen molar-refractivity contribution in [3.63, 3.8) is 0 Å². The van der Waals surface area contributed by atoms with Crippen LogP contribution in [0.15, 0.2) is 30.3 Å². The zero-order valence-electron chi connectivity index (χ0n) is 9.67. The number of hydrogen-bond acceptors (Lipinski definition) is 0. The van der Waals surface area contributed by atoms with E-state index in [1.54, 1.807) is 0 Å². The Morgan fingerprint density at radius 3 is 2.27 bits per heavy atom. The number of rotatable bonds is 1. The number of fused-ring (bicyclic) bond motifs is 1. The van der Waals surface area contributed by atoms with Crippen molar-refractivity contribution < 1.29 is 0 Å². The van der Waals surface area contributed by atoms with Gasteiger partial charge in [0.25, 0.3) is 0 Å². The summed E-state index contributed by atoms with van der Waals surface area (Å²) in [5.74, 6) is 0.342. The summed E-state index contributed by atoms with van der Waals surface area (Å²) in [5, 5.41) is 2.71. The third-order valence-electron chi connectivity index (χ3n) is 3.14. The zero-order valence-corrected chi connectivity index (χ0v) is 9.67. The highest BCUT2D eigenvalue weighted by atomic mass is 14.1. The lowest BCUT2D eigenvalue weighted by molar-refractivity contribution is 0.973. The van der Waals surface area contributed by atoms with Gasteiger partial charge in [-0.15, -0.1) is 0 Å². The molecule has 0 spiro atoms. The molecule has 0 heterocycles. The first kappa shape index (κ1) is 10.2. The van der Waals surface area contributed by atoms with Gasteiger partial charge in [-0.25, -0.2) is 0 Å². The minimum absolute atomic E-state index is 0.342. The zero-order chi connectivity index (χ0) is 11.0. The van der Waals surface area contributed by atoms with Crippen molar-refractivity contribution in [3.8, 4) is 0 Å². The molecule has 15 heavy (non-hydrogen) atoms. The molecule has 0 aliphatic carbocycles. The van der Waals surface area contributed by atoms with Crippen LogP contribution < -0.4 is 0 Å². The molecular formula is C15H17. The molecule has 0 heteroatoms. The number of hydrogen-bond donors (Lipinski definition) is 0. The second-order valence-electron chi connectivity index (χ2n) is 4.35. The van der Waals surface area contributed by atoms with Crippen LogP contribution in [0.1, 0.15) is 29.5 Å². The van der Waals surface area contributed by atoms with Crippen LogP contribution in [0.4, 0.5) is 0 Å². The van der Waals surface area contributed by atoms with Crippen molar-refractivity contribution >= 4 is 10.8 Å². The maximum Gasteiger partial charge on any atom is -0.0146 e. The summed E-state index contributed by atoms with van der Waals surface area (Å²) in [6.45, 7) is 10.6. The Morgan fingerprint density at radius 2 is 1.67 bits per heavy atom. The molecule has 2 aromatic rings. The van der Waals surface area contributed by atoms with Gasteiger partial charge in [0.1, 0.15) is 0 Å². The lowest BCUT2D eigenvalue weighted by Gasteiger charge is -2.14. The topological polar surface area (TPSA) is 0 Å². The highest BCUT2D eigenvalue weighted by molar-refractivity contribution is 5.90. The maximum atomic E-state index is 4.13. The van der Waals surface area contributed by atoms with Crippen molar-refractivity contribution in [1.82, 2.24) is 0 Å². The molecule has 0 saturated carbocycles. The first-order valence-electron chi connectivity index (χ1n) is 5.43. The molecule has 0 aliphatic rings. The Kier molecular flexibility index (Phi) is 2.52. The highest BCUT2D eigenvalue weighted by Gasteiger charge is 2.08. The predicted octanol–water partition coefficient (Wildman–Crippen LogP) is 4.39. The molecule has 0 fully saturated rings. The summed E-state index contributed by atoms with van der Waals surface area (Å²) < 4.78 is 0. The van der Waals surface area contributed by atoms with E-state index in [2.05, 4.69) is 58.0 Å². The fourth-order valence-corrected chi connectivity index (χ4v) is 2.10. The number of aryl methyl sites for hydroxylation is 2. The van der Waals surface area contributed by atoms with Crippen molar-refractivity contribution in [2.75, 3.05) is 0 Å². The van der Waals surface area contributed by atoms with Crippen LogP contribution in [-0.2, 0) is 0 Å². The molecule has 2 rings (SSSR count). The Hall–Kier alpha value is -1.30.